The van der Waals surface area contributed by atoms with Gasteiger partial charge in [-0.1, -0.05) is 32.1 Å². The average Bonchev–Trinajstić information content (AvgIpc) is 2.93. The molecule has 1 aliphatic carbocycles. The predicted octanol–water partition coefficient (Wildman–Crippen LogP) is 4.09. The lowest BCUT2D eigenvalue weighted by Crippen LogP contribution is -2.14. The van der Waals surface area contributed by atoms with Crippen LogP contribution in [0.1, 0.15) is 44.9 Å². The fourth-order valence-electron chi connectivity index (χ4n) is 3.57. The zero-order valence-corrected chi connectivity index (χ0v) is 15.4. The zero-order valence-electron chi connectivity index (χ0n) is 13.8. The Balaban J connectivity index is 1.70. The third-order valence-electron chi connectivity index (χ3n) is 4.83. The lowest BCUT2D eigenvalue weighted by atomic mass is 9.86. The first kappa shape index (κ1) is 17.4. The molecule has 2 aromatic rings. The van der Waals surface area contributed by atoms with Gasteiger partial charge in [-0.05, 0) is 34.3 Å². The van der Waals surface area contributed by atoms with Gasteiger partial charge in [0.05, 0.1) is 17.7 Å². The first-order valence-electron chi connectivity index (χ1n) is 8.73. The number of anilines is 1. The molecule has 0 aromatic carbocycles. The number of fused-ring (bicyclic) bond motifs is 1. The van der Waals surface area contributed by atoms with Gasteiger partial charge < -0.3 is 15.0 Å². The van der Waals surface area contributed by atoms with Crippen LogP contribution in [0.4, 0.5) is 5.69 Å². The van der Waals surface area contributed by atoms with E-state index in [0.717, 1.165) is 27.6 Å². The number of carbonyl (C=O) groups excluding carboxylic acids is 1. The quantitative estimate of drug-likeness (QED) is 0.776. The van der Waals surface area contributed by atoms with Crippen LogP contribution >= 0.6 is 15.9 Å². The highest BCUT2D eigenvalue weighted by atomic mass is 79.9. The molecule has 0 atom stereocenters. The maximum absolute atomic E-state index is 12.4. The highest BCUT2D eigenvalue weighted by Gasteiger charge is 2.17. The topological polar surface area (TPSA) is 67.2 Å². The van der Waals surface area contributed by atoms with E-state index >= 15 is 0 Å². The van der Waals surface area contributed by atoms with E-state index in [1.165, 1.54) is 32.1 Å². The molecule has 0 saturated heterocycles. The summed E-state index contributed by atoms with van der Waals surface area (Å²) in [5.74, 6) is 0.757. The monoisotopic (exact) mass is 393 g/mol. The Morgan fingerprint density at radius 3 is 2.92 bits per heavy atom. The highest BCUT2D eigenvalue weighted by molar-refractivity contribution is 9.10. The lowest BCUT2D eigenvalue weighted by molar-refractivity contribution is -0.116. The molecule has 2 N–H and O–H groups in total. The summed E-state index contributed by atoms with van der Waals surface area (Å²) in [7, 11) is 0. The van der Waals surface area contributed by atoms with Gasteiger partial charge in [0, 0.05) is 29.8 Å². The van der Waals surface area contributed by atoms with E-state index < -0.39 is 0 Å². The Kier molecular flexibility index (Phi) is 5.89. The number of aliphatic hydroxyl groups excluding tert-OH is 1. The number of aliphatic hydroxyl groups is 1. The Morgan fingerprint density at radius 1 is 1.38 bits per heavy atom. The summed E-state index contributed by atoms with van der Waals surface area (Å²) in [6, 6.07) is 1.86. The Labute approximate surface area is 150 Å². The number of nitrogens with one attached hydrogen (secondary N) is 1. The smallest absolute Gasteiger partial charge is 0.224 e. The van der Waals surface area contributed by atoms with Gasteiger partial charge in [-0.3, -0.25) is 4.79 Å². The van der Waals surface area contributed by atoms with Crippen LogP contribution in [0, 0.1) is 5.92 Å². The van der Waals surface area contributed by atoms with Crippen LogP contribution in [0.25, 0.3) is 11.0 Å². The molecule has 2 aromatic heterocycles. The Morgan fingerprint density at radius 2 is 2.17 bits per heavy atom. The molecule has 3 rings (SSSR count). The van der Waals surface area contributed by atoms with Crippen molar-refractivity contribution in [1.29, 1.82) is 0 Å². The number of aromatic nitrogens is 2. The second kappa shape index (κ2) is 8.12. The average molecular weight is 394 g/mol. The maximum Gasteiger partial charge on any atom is 0.224 e. The minimum Gasteiger partial charge on any atom is -0.395 e. The largest absolute Gasteiger partial charge is 0.395 e. The fourth-order valence-corrected chi connectivity index (χ4v) is 4.08. The number of carbonyl (C=O) groups is 1. The summed E-state index contributed by atoms with van der Waals surface area (Å²) in [5.41, 5.74) is 1.52. The second-order valence-electron chi connectivity index (χ2n) is 6.54. The van der Waals surface area contributed by atoms with E-state index in [-0.39, 0.29) is 12.5 Å². The van der Waals surface area contributed by atoms with E-state index in [1.807, 2.05) is 16.8 Å². The molecule has 1 aliphatic rings. The molecule has 1 fully saturated rings. The number of halogens is 1. The van der Waals surface area contributed by atoms with Crippen molar-refractivity contribution < 1.29 is 9.90 Å². The van der Waals surface area contributed by atoms with Crippen molar-refractivity contribution in [3.8, 4) is 0 Å². The van der Waals surface area contributed by atoms with Gasteiger partial charge >= 0.3 is 0 Å². The van der Waals surface area contributed by atoms with Crippen molar-refractivity contribution in [2.75, 3.05) is 11.9 Å². The molecule has 0 bridgehead atoms. The normalized spacial score (nSPS) is 15.8. The Bertz CT molecular complexity index is 708. The number of amides is 1. The SMILES string of the molecule is O=C(CCC1CCCCC1)Nc1cn(CCO)c2nccc(Br)c12. The first-order valence-corrected chi connectivity index (χ1v) is 9.52. The second-order valence-corrected chi connectivity index (χ2v) is 7.40. The minimum atomic E-state index is 0.0348. The van der Waals surface area contributed by atoms with Gasteiger partial charge in [-0.2, -0.15) is 0 Å². The van der Waals surface area contributed by atoms with Gasteiger partial charge in [0.2, 0.25) is 5.91 Å². The molecular weight excluding hydrogens is 370 g/mol. The molecular formula is C18H24BrN3O2. The lowest BCUT2D eigenvalue weighted by Gasteiger charge is -2.20. The summed E-state index contributed by atoms with van der Waals surface area (Å²) >= 11 is 3.54. The third-order valence-corrected chi connectivity index (χ3v) is 5.49. The number of rotatable bonds is 6. The van der Waals surface area contributed by atoms with Crippen molar-refractivity contribution >= 4 is 38.6 Å². The summed E-state index contributed by atoms with van der Waals surface area (Å²) in [6.45, 7) is 0.491. The summed E-state index contributed by atoms with van der Waals surface area (Å²) in [6.07, 6.45) is 11.6. The van der Waals surface area contributed by atoms with Crippen LogP contribution in [-0.2, 0) is 11.3 Å². The number of hydrogen-bond acceptors (Lipinski definition) is 3. The van der Waals surface area contributed by atoms with Gasteiger partial charge in [0.25, 0.3) is 0 Å². The molecule has 130 valence electrons. The molecule has 24 heavy (non-hydrogen) atoms. The molecule has 0 radical (unpaired) electrons. The van der Waals surface area contributed by atoms with E-state index in [2.05, 4.69) is 26.2 Å². The molecule has 0 unspecified atom stereocenters. The molecule has 5 nitrogen and oxygen atoms in total. The van der Waals surface area contributed by atoms with Crippen LogP contribution in [0.3, 0.4) is 0 Å². The molecule has 6 heteroatoms. The summed E-state index contributed by atoms with van der Waals surface area (Å²) < 4.78 is 2.77. The van der Waals surface area contributed by atoms with Gasteiger partial charge in [0.15, 0.2) is 0 Å². The van der Waals surface area contributed by atoms with Crippen molar-refractivity contribution in [2.45, 2.75) is 51.5 Å². The van der Waals surface area contributed by atoms with E-state index in [0.29, 0.717) is 18.9 Å². The van der Waals surface area contributed by atoms with Crippen LogP contribution in [0.2, 0.25) is 0 Å². The Hall–Kier alpha value is -1.40. The van der Waals surface area contributed by atoms with Crippen LogP contribution in [0.5, 0.6) is 0 Å². The van der Waals surface area contributed by atoms with Gasteiger partial charge in [-0.25, -0.2) is 4.98 Å². The van der Waals surface area contributed by atoms with Crippen molar-refractivity contribution in [3.63, 3.8) is 0 Å². The molecule has 0 aliphatic heterocycles. The van der Waals surface area contributed by atoms with Gasteiger partial charge in [0.1, 0.15) is 5.65 Å². The number of pyridine rings is 1. The van der Waals surface area contributed by atoms with E-state index in [1.54, 1.807) is 6.20 Å². The zero-order chi connectivity index (χ0) is 16.9. The highest BCUT2D eigenvalue weighted by Crippen LogP contribution is 2.32. The van der Waals surface area contributed by atoms with Gasteiger partial charge in [-0.15, -0.1) is 0 Å². The molecule has 2 heterocycles. The molecule has 1 saturated carbocycles. The van der Waals surface area contributed by atoms with Crippen molar-refractivity contribution in [2.24, 2.45) is 5.92 Å². The van der Waals surface area contributed by atoms with Crippen LogP contribution in [-0.4, -0.2) is 27.2 Å². The van der Waals surface area contributed by atoms with Crippen molar-refractivity contribution in [3.05, 3.63) is 22.9 Å². The first-order chi connectivity index (χ1) is 11.7. The molecule has 0 spiro atoms. The van der Waals surface area contributed by atoms with Crippen LogP contribution < -0.4 is 5.32 Å². The minimum absolute atomic E-state index is 0.0348. The predicted molar refractivity (Wildman–Crippen MR) is 99.0 cm³/mol. The third kappa shape index (κ3) is 3.98. The maximum atomic E-state index is 12.4. The summed E-state index contributed by atoms with van der Waals surface area (Å²) in [4.78, 5) is 16.8. The standard InChI is InChI=1S/C18H24BrN3O2/c19-14-8-9-20-18-17(14)15(12-22(18)10-11-23)21-16(24)7-6-13-4-2-1-3-5-13/h8-9,12-13,23H,1-7,10-11H2,(H,21,24). The van der Waals surface area contributed by atoms with Crippen molar-refractivity contribution in [1.82, 2.24) is 9.55 Å². The molecule has 1 amide bonds. The van der Waals surface area contributed by atoms with E-state index in [9.17, 15) is 9.90 Å². The number of hydrogen-bond donors (Lipinski definition) is 2. The van der Waals surface area contributed by atoms with Crippen LogP contribution in [0.15, 0.2) is 22.9 Å². The summed E-state index contributed by atoms with van der Waals surface area (Å²) in [5, 5.41) is 13.1. The number of nitrogens with zero attached hydrogens (tertiary/aromatic N) is 2. The fraction of sp³-hybridized carbons (Fsp3) is 0.556. The van der Waals surface area contributed by atoms with E-state index in [4.69, 9.17) is 0 Å².